The van der Waals surface area contributed by atoms with Gasteiger partial charge in [-0.2, -0.15) is 6.08 Å². The molecule has 0 fully saturated rings. The first kappa shape index (κ1) is 21.3. The van der Waals surface area contributed by atoms with Gasteiger partial charge in [-0.1, -0.05) is 32.0 Å². The first-order valence-corrected chi connectivity index (χ1v) is 8.84. The average Bonchev–Trinajstić information content (AvgIpc) is 2.59. The molecule has 2 unspecified atom stereocenters. The van der Waals surface area contributed by atoms with Crippen molar-refractivity contribution in [2.24, 2.45) is 5.92 Å². The Morgan fingerprint density at radius 1 is 1.26 bits per heavy atom. The number of rotatable bonds is 1. The van der Waals surface area contributed by atoms with E-state index >= 15 is 0 Å². The number of carbonyl (C=O) groups is 1. The first-order chi connectivity index (χ1) is 12.3. The van der Waals surface area contributed by atoms with E-state index in [1.165, 1.54) is 42.0 Å². The smallest absolute Gasteiger partial charge is 0.155 e. The zero-order valence-electron chi connectivity index (χ0n) is 16.0. The number of aromatic nitrogens is 1. The van der Waals surface area contributed by atoms with Crippen LogP contribution in [-0.2, 0) is 30.3 Å². The standard InChI is InChI=1S/C18H16N.C5H8O2.Ir/c1-18(2)14-8-4-3-7-13(14)17-16-12(10-11-19-17)6-5-9-15(16)18;1-4(6)3-5(2)7;/h3-6,8-11,13-14H,1-2H3;3,6H,1-2H3;/q-1;;/b;4-3-;. The van der Waals surface area contributed by atoms with Gasteiger partial charge in [0.1, 0.15) is 0 Å². The fourth-order valence-electron chi connectivity index (χ4n) is 3.96. The van der Waals surface area contributed by atoms with Gasteiger partial charge in [-0.15, -0.1) is 0 Å². The van der Waals surface area contributed by atoms with Crippen LogP contribution >= 0.6 is 0 Å². The van der Waals surface area contributed by atoms with E-state index in [9.17, 15) is 4.79 Å². The normalized spacial score (nSPS) is 21.6. The van der Waals surface area contributed by atoms with Crippen molar-refractivity contribution in [1.82, 2.24) is 4.98 Å². The molecule has 0 saturated heterocycles. The Bertz CT molecular complexity index is 931. The quantitative estimate of drug-likeness (QED) is 0.309. The molecule has 4 heteroatoms. The Morgan fingerprint density at radius 2 is 2.00 bits per heavy atom. The number of allylic oxidation sites excluding steroid dienone is 6. The van der Waals surface area contributed by atoms with Crippen molar-refractivity contribution >= 4 is 16.6 Å². The van der Waals surface area contributed by atoms with Crippen molar-refractivity contribution in [2.75, 3.05) is 0 Å². The van der Waals surface area contributed by atoms with Crippen LogP contribution in [0.3, 0.4) is 0 Å². The summed E-state index contributed by atoms with van der Waals surface area (Å²) < 4.78 is 0. The zero-order valence-corrected chi connectivity index (χ0v) is 18.4. The van der Waals surface area contributed by atoms with E-state index in [1.54, 1.807) is 0 Å². The zero-order chi connectivity index (χ0) is 18.9. The van der Waals surface area contributed by atoms with Crippen LogP contribution in [0.4, 0.5) is 0 Å². The molecule has 1 heterocycles. The van der Waals surface area contributed by atoms with E-state index in [4.69, 9.17) is 5.11 Å². The largest absolute Gasteiger partial charge is 0.512 e. The molecule has 1 N–H and O–H groups in total. The minimum absolute atomic E-state index is 0. The summed E-state index contributed by atoms with van der Waals surface area (Å²) in [5, 5.41) is 11.0. The number of hydrogen-bond donors (Lipinski definition) is 1. The SMILES string of the molecule is CC(=O)/C=C(/C)O.CC1(C)c2cccc3ccnc(c23)C2[C-]=CC=CC21.[Ir]. The van der Waals surface area contributed by atoms with Gasteiger partial charge in [-0.25, -0.2) is 12.2 Å². The Kier molecular flexibility index (Phi) is 6.56. The van der Waals surface area contributed by atoms with Crippen molar-refractivity contribution < 1.29 is 30.0 Å². The van der Waals surface area contributed by atoms with Crippen LogP contribution in [-0.4, -0.2) is 15.9 Å². The molecule has 1 aromatic carbocycles. The van der Waals surface area contributed by atoms with Crippen molar-refractivity contribution in [3.05, 3.63) is 77.9 Å². The molecule has 0 spiro atoms. The Hall–Kier alpha value is -2.03. The topological polar surface area (TPSA) is 50.2 Å². The molecule has 2 aliphatic rings. The number of ketones is 1. The van der Waals surface area contributed by atoms with E-state index in [1.807, 2.05) is 12.3 Å². The summed E-state index contributed by atoms with van der Waals surface area (Å²) in [5.41, 5.74) is 2.73. The van der Waals surface area contributed by atoms with Gasteiger partial charge in [-0.3, -0.25) is 15.9 Å². The maximum Gasteiger partial charge on any atom is 0.155 e. The Labute approximate surface area is 174 Å². The molecule has 4 rings (SSSR count). The summed E-state index contributed by atoms with van der Waals surface area (Å²) in [4.78, 5) is 14.7. The number of fused-ring (bicyclic) bond motifs is 2. The van der Waals surface area contributed by atoms with E-state index < -0.39 is 0 Å². The van der Waals surface area contributed by atoms with Crippen LogP contribution in [0.5, 0.6) is 0 Å². The third-order valence-electron chi connectivity index (χ3n) is 5.10. The third-order valence-corrected chi connectivity index (χ3v) is 5.10. The Balaban J connectivity index is 0.000000285. The fraction of sp³-hybridized carbons (Fsp3) is 0.304. The van der Waals surface area contributed by atoms with E-state index in [2.05, 4.69) is 61.3 Å². The average molecular weight is 539 g/mol. The van der Waals surface area contributed by atoms with Crippen LogP contribution < -0.4 is 0 Å². The van der Waals surface area contributed by atoms with Crippen molar-refractivity contribution in [1.29, 1.82) is 0 Å². The molecule has 3 nitrogen and oxygen atoms in total. The minimum Gasteiger partial charge on any atom is -0.512 e. The van der Waals surface area contributed by atoms with Gasteiger partial charge in [0.15, 0.2) is 5.78 Å². The first-order valence-electron chi connectivity index (χ1n) is 8.84. The van der Waals surface area contributed by atoms with Gasteiger partial charge in [0.25, 0.3) is 0 Å². The second-order valence-corrected chi connectivity index (χ2v) is 7.44. The number of aliphatic hydroxyl groups is 1. The molecule has 1 radical (unpaired) electrons. The molecular weight excluding hydrogens is 514 g/mol. The third kappa shape index (κ3) is 4.12. The van der Waals surface area contributed by atoms with Crippen LogP contribution in [0.15, 0.2) is 60.5 Å². The predicted molar refractivity (Wildman–Crippen MR) is 105 cm³/mol. The summed E-state index contributed by atoms with van der Waals surface area (Å²) in [7, 11) is 0. The monoisotopic (exact) mass is 539 g/mol. The molecule has 143 valence electrons. The second kappa shape index (κ2) is 8.33. The molecule has 2 aliphatic carbocycles. The van der Waals surface area contributed by atoms with Gasteiger partial charge in [0.05, 0.1) is 5.76 Å². The van der Waals surface area contributed by atoms with Crippen molar-refractivity contribution in [3.63, 3.8) is 0 Å². The van der Waals surface area contributed by atoms with Gasteiger partial charge < -0.3 is 5.11 Å². The molecule has 0 aliphatic heterocycles. The van der Waals surface area contributed by atoms with Crippen LogP contribution in [0.1, 0.15) is 44.9 Å². The number of benzene rings is 1. The van der Waals surface area contributed by atoms with E-state index in [0.29, 0.717) is 11.8 Å². The number of pyridine rings is 1. The van der Waals surface area contributed by atoms with Gasteiger partial charge in [-0.05, 0) is 48.1 Å². The van der Waals surface area contributed by atoms with Gasteiger partial charge in [0.2, 0.25) is 0 Å². The van der Waals surface area contributed by atoms with Crippen molar-refractivity contribution in [3.8, 4) is 0 Å². The summed E-state index contributed by atoms with van der Waals surface area (Å²) in [6, 6.07) is 8.72. The second-order valence-electron chi connectivity index (χ2n) is 7.44. The number of carbonyl (C=O) groups excluding carboxylic acids is 1. The molecule has 2 atom stereocenters. The molecular formula is C23H24IrNO2-. The molecule has 27 heavy (non-hydrogen) atoms. The van der Waals surface area contributed by atoms with Crippen LogP contribution in [0.25, 0.3) is 10.8 Å². The maximum atomic E-state index is 10.0. The van der Waals surface area contributed by atoms with E-state index in [-0.39, 0.29) is 37.1 Å². The molecule has 0 bridgehead atoms. The maximum absolute atomic E-state index is 10.0. The minimum atomic E-state index is -0.125. The molecule has 1 aromatic heterocycles. The fourth-order valence-corrected chi connectivity index (χ4v) is 3.96. The van der Waals surface area contributed by atoms with Gasteiger partial charge >= 0.3 is 0 Å². The van der Waals surface area contributed by atoms with Gasteiger partial charge in [0, 0.05) is 43.5 Å². The number of hydrogen-bond acceptors (Lipinski definition) is 3. The predicted octanol–water partition coefficient (Wildman–Crippen LogP) is 5.19. The summed E-state index contributed by atoms with van der Waals surface area (Å²) in [5.74, 6) is 0.677. The number of nitrogens with zero attached hydrogens (tertiary/aromatic N) is 1. The Morgan fingerprint density at radius 3 is 2.63 bits per heavy atom. The summed E-state index contributed by atoms with van der Waals surface area (Å²) >= 11 is 0. The molecule has 2 aromatic rings. The summed E-state index contributed by atoms with van der Waals surface area (Å²) in [6.45, 7) is 7.53. The molecule has 0 saturated carbocycles. The van der Waals surface area contributed by atoms with Crippen LogP contribution in [0.2, 0.25) is 0 Å². The number of aliphatic hydroxyl groups excluding tert-OH is 1. The summed E-state index contributed by atoms with van der Waals surface area (Å²) in [6.07, 6.45) is 13.1. The van der Waals surface area contributed by atoms with Crippen LogP contribution in [0, 0.1) is 12.0 Å². The van der Waals surface area contributed by atoms with E-state index in [0.717, 1.165) is 0 Å². The molecule has 0 amide bonds. The van der Waals surface area contributed by atoms with Crippen molar-refractivity contribution in [2.45, 2.75) is 39.0 Å².